The predicted molar refractivity (Wildman–Crippen MR) is 127 cm³/mol. The first-order valence-corrected chi connectivity index (χ1v) is 11.0. The quantitative estimate of drug-likeness (QED) is 0.165. The lowest BCUT2D eigenvalue weighted by molar-refractivity contribution is -0.384. The van der Waals surface area contributed by atoms with Gasteiger partial charge >= 0.3 is 0 Å². The number of nitro groups is 1. The molecule has 0 bridgehead atoms. The van der Waals surface area contributed by atoms with Gasteiger partial charge in [-0.2, -0.15) is 5.26 Å². The number of non-ortho nitro benzene ring substituents is 1. The van der Waals surface area contributed by atoms with E-state index in [2.05, 4.69) is 11.1 Å². The molecule has 0 amide bonds. The number of hydrogen-bond donors (Lipinski definition) is 0. The van der Waals surface area contributed by atoms with E-state index in [4.69, 9.17) is 11.6 Å². The van der Waals surface area contributed by atoms with E-state index < -0.39 is 10.7 Å². The zero-order valence-corrected chi connectivity index (χ0v) is 18.8. The first-order chi connectivity index (χ1) is 16.4. The van der Waals surface area contributed by atoms with Crippen molar-refractivity contribution in [2.24, 2.45) is 0 Å². The minimum absolute atomic E-state index is 0.0918. The Kier molecular flexibility index (Phi) is 6.68. The van der Waals surface area contributed by atoms with E-state index in [1.165, 1.54) is 24.3 Å². The predicted octanol–water partition coefficient (Wildman–Crippen LogP) is 6.95. The van der Waals surface area contributed by atoms with Crippen LogP contribution in [0, 0.1) is 27.3 Å². The van der Waals surface area contributed by atoms with Crippen molar-refractivity contribution in [2.45, 2.75) is 9.92 Å². The Labute approximate surface area is 202 Å². The van der Waals surface area contributed by atoms with Gasteiger partial charge in [0.05, 0.1) is 16.2 Å². The summed E-state index contributed by atoms with van der Waals surface area (Å²) in [6, 6.07) is 20.5. The average molecular weight is 490 g/mol. The SMILES string of the molecule is N#Cc1c(-c2cccc(F)c2)cc(-c2ccc(Cl)cc2)nc1Sc1ccc([N+](=O)[O-])cc1C=O. The molecule has 0 unspecified atom stereocenters. The number of pyridine rings is 1. The van der Waals surface area contributed by atoms with Gasteiger partial charge in [0, 0.05) is 38.7 Å². The van der Waals surface area contributed by atoms with Gasteiger partial charge in [0.25, 0.3) is 5.69 Å². The van der Waals surface area contributed by atoms with Gasteiger partial charge in [-0.25, -0.2) is 9.37 Å². The van der Waals surface area contributed by atoms with E-state index in [0.29, 0.717) is 38.6 Å². The van der Waals surface area contributed by atoms with Crippen LogP contribution in [0.5, 0.6) is 0 Å². The number of benzene rings is 3. The largest absolute Gasteiger partial charge is 0.298 e. The van der Waals surface area contributed by atoms with Crippen molar-refractivity contribution in [1.29, 1.82) is 5.26 Å². The molecule has 0 radical (unpaired) electrons. The van der Waals surface area contributed by atoms with Crippen LogP contribution >= 0.6 is 23.4 Å². The van der Waals surface area contributed by atoms with Crippen molar-refractivity contribution in [1.82, 2.24) is 4.98 Å². The number of nitrogens with zero attached hydrogens (tertiary/aromatic N) is 3. The van der Waals surface area contributed by atoms with Gasteiger partial charge in [-0.3, -0.25) is 14.9 Å². The molecule has 6 nitrogen and oxygen atoms in total. The molecule has 9 heteroatoms. The van der Waals surface area contributed by atoms with Gasteiger partial charge in [-0.15, -0.1) is 0 Å². The number of carbonyl (C=O) groups is 1. The molecule has 4 rings (SSSR count). The zero-order chi connectivity index (χ0) is 24.2. The Balaban J connectivity index is 1.92. The summed E-state index contributed by atoms with van der Waals surface area (Å²) in [5.41, 5.74) is 2.21. The zero-order valence-electron chi connectivity index (χ0n) is 17.2. The Morgan fingerprint density at radius 1 is 1.06 bits per heavy atom. The number of nitro benzene ring substituents is 1. The van der Waals surface area contributed by atoms with Crippen LogP contribution in [0.2, 0.25) is 5.02 Å². The lowest BCUT2D eigenvalue weighted by atomic mass is 9.99. The van der Waals surface area contributed by atoms with Crippen LogP contribution in [0.25, 0.3) is 22.4 Å². The average Bonchev–Trinajstić information content (AvgIpc) is 2.84. The number of hydrogen-bond acceptors (Lipinski definition) is 6. The molecule has 0 atom stereocenters. The highest BCUT2D eigenvalue weighted by Crippen LogP contribution is 2.39. The van der Waals surface area contributed by atoms with Crippen LogP contribution in [0.15, 0.2) is 82.7 Å². The fourth-order valence-corrected chi connectivity index (χ4v) is 4.39. The molecule has 0 saturated heterocycles. The van der Waals surface area contributed by atoms with E-state index in [-0.39, 0.29) is 21.8 Å². The Morgan fingerprint density at radius 3 is 2.47 bits per heavy atom. The van der Waals surface area contributed by atoms with Gasteiger partial charge in [0.1, 0.15) is 16.9 Å². The van der Waals surface area contributed by atoms with Crippen LogP contribution < -0.4 is 0 Å². The van der Waals surface area contributed by atoms with Crippen LogP contribution in [0.3, 0.4) is 0 Å². The van der Waals surface area contributed by atoms with Gasteiger partial charge in [0.2, 0.25) is 0 Å². The first kappa shape index (κ1) is 23.1. The molecule has 0 aliphatic carbocycles. The summed E-state index contributed by atoms with van der Waals surface area (Å²) in [4.78, 5) is 27.1. The van der Waals surface area contributed by atoms with Gasteiger partial charge in [0.15, 0.2) is 6.29 Å². The number of carbonyl (C=O) groups excluding carboxylic acids is 1. The van der Waals surface area contributed by atoms with Crippen LogP contribution in [0.1, 0.15) is 15.9 Å². The molecular formula is C25H13ClFN3O3S. The smallest absolute Gasteiger partial charge is 0.270 e. The molecule has 3 aromatic carbocycles. The van der Waals surface area contributed by atoms with Crippen molar-refractivity contribution in [2.75, 3.05) is 0 Å². The third-order valence-electron chi connectivity index (χ3n) is 4.91. The molecule has 0 aliphatic rings. The molecular weight excluding hydrogens is 477 g/mol. The summed E-state index contributed by atoms with van der Waals surface area (Å²) < 4.78 is 14.0. The number of nitriles is 1. The molecule has 0 fully saturated rings. The highest BCUT2D eigenvalue weighted by molar-refractivity contribution is 7.99. The third kappa shape index (κ3) is 4.81. The maximum atomic E-state index is 14.0. The topological polar surface area (TPSA) is 96.9 Å². The number of aldehydes is 1. The second-order valence-electron chi connectivity index (χ2n) is 7.06. The van der Waals surface area contributed by atoms with Gasteiger partial charge in [-0.1, -0.05) is 47.6 Å². The van der Waals surface area contributed by atoms with Gasteiger partial charge < -0.3 is 0 Å². The summed E-state index contributed by atoms with van der Waals surface area (Å²) in [6.07, 6.45) is 0.512. The molecule has 1 aromatic heterocycles. The normalized spacial score (nSPS) is 10.5. The van der Waals surface area contributed by atoms with Crippen LogP contribution in [0.4, 0.5) is 10.1 Å². The molecule has 1 heterocycles. The van der Waals surface area contributed by atoms with E-state index in [1.807, 2.05) is 0 Å². The van der Waals surface area contributed by atoms with E-state index >= 15 is 0 Å². The van der Waals surface area contributed by atoms with Crippen molar-refractivity contribution in [3.8, 4) is 28.5 Å². The number of halogens is 2. The second kappa shape index (κ2) is 9.83. The van der Waals surface area contributed by atoms with Crippen molar-refractivity contribution in [3.63, 3.8) is 0 Å². The summed E-state index contributed by atoms with van der Waals surface area (Å²) in [5.74, 6) is -0.459. The van der Waals surface area contributed by atoms with Crippen molar-refractivity contribution >= 4 is 35.3 Å². The molecule has 0 N–H and O–H groups in total. The molecule has 0 spiro atoms. The highest BCUT2D eigenvalue weighted by atomic mass is 35.5. The highest BCUT2D eigenvalue weighted by Gasteiger charge is 2.19. The van der Waals surface area contributed by atoms with Crippen molar-refractivity contribution in [3.05, 3.63) is 105 Å². The standard InChI is InChI=1S/C25H13ClFN3O3S/c26-18-6-4-15(5-7-18)23-12-21(16-2-1-3-19(27)10-16)22(13-28)25(29-23)34-24-9-8-20(30(32)33)11-17(24)14-31/h1-12,14H. The lowest BCUT2D eigenvalue weighted by Gasteiger charge is -2.13. The summed E-state index contributed by atoms with van der Waals surface area (Å²) in [7, 11) is 0. The van der Waals surface area contributed by atoms with Crippen LogP contribution in [-0.2, 0) is 0 Å². The molecule has 34 heavy (non-hydrogen) atoms. The molecule has 4 aromatic rings. The summed E-state index contributed by atoms with van der Waals surface area (Å²) in [6.45, 7) is 0. The fourth-order valence-electron chi connectivity index (χ4n) is 3.29. The maximum absolute atomic E-state index is 14.0. The first-order valence-electron chi connectivity index (χ1n) is 9.78. The van der Waals surface area contributed by atoms with E-state index in [9.17, 15) is 24.6 Å². The van der Waals surface area contributed by atoms with Crippen LogP contribution in [-0.4, -0.2) is 16.2 Å². The van der Waals surface area contributed by atoms with E-state index in [1.54, 1.807) is 42.5 Å². The summed E-state index contributed by atoms with van der Waals surface area (Å²) >= 11 is 7.04. The second-order valence-corrected chi connectivity index (χ2v) is 8.53. The number of aromatic nitrogens is 1. The van der Waals surface area contributed by atoms with E-state index in [0.717, 1.165) is 17.8 Å². The lowest BCUT2D eigenvalue weighted by Crippen LogP contribution is -1.97. The third-order valence-corrected chi connectivity index (χ3v) is 6.24. The fraction of sp³-hybridized carbons (Fsp3) is 0. The monoisotopic (exact) mass is 489 g/mol. The molecule has 166 valence electrons. The van der Waals surface area contributed by atoms with Gasteiger partial charge in [-0.05, 0) is 42.0 Å². The Hall–Kier alpha value is -4.06. The Morgan fingerprint density at radius 2 is 1.82 bits per heavy atom. The maximum Gasteiger partial charge on any atom is 0.270 e. The molecule has 0 aliphatic heterocycles. The Bertz CT molecular complexity index is 1470. The number of rotatable bonds is 6. The summed E-state index contributed by atoms with van der Waals surface area (Å²) in [5, 5.41) is 21.9. The minimum Gasteiger partial charge on any atom is -0.298 e. The molecule has 0 saturated carbocycles. The van der Waals surface area contributed by atoms with Crippen molar-refractivity contribution < 1.29 is 14.1 Å². The minimum atomic E-state index is -0.594.